The number of alkyl halides is 1. The Hall–Kier alpha value is -0.910. The van der Waals surface area contributed by atoms with E-state index >= 15 is 0 Å². The maximum Gasteiger partial charge on any atom is 0.434 e. The highest BCUT2D eigenvalue weighted by Crippen LogP contribution is 2.31. The van der Waals surface area contributed by atoms with Crippen molar-refractivity contribution >= 4 is 21.9 Å². The largest absolute Gasteiger partial charge is 0.434 e. The van der Waals surface area contributed by atoms with E-state index in [4.69, 9.17) is 0 Å². The van der Waals surface area contributed by atoms with Gasteiger partial charge in [0.2, 0.25) is 0 Å². The molecule has 0 unspecified atom stereocenters. The van der Waals surface area contributed by atoms with Gasteiger partial charge in [-0.15, -0.1) is 0 Å². The van der Waals surface area contributed by atoms with Gasteiger partial charge in [0.15, 0.2) is 0 Å². The predicted molar refractivity (Wildman–Crippen MR) is 51.8 cm³/mol. The van der Waals surface area contributed by atoms with Crippen LogP contribution in [-0.4, -0.2) is 14.5 Å². The van der Waals surface area contributed by atoms with Crippen molar-refractivity contribution in [1.82, 2.24) is 9.55 Å². The quantitative estimate of drug-likeness (QED) is 0.456. The summed E-state index contributed by atoms with van der Waals surface area (Å²) < 4.78 is 1.16. The molecule has 72 valence electrons. The summed E-state index contributed by atoms with van der Waals surface area (Å²) in [5, 5.41) is 10.5. The first-order valence-electron chi connectivity index (χ1n) is 3.69. The first kappa shape index (κ1) is 10.2. The van der Waals surface area contributed by atoms with E-state index in [-0.39, 0.29) is 10.3 Å². The number of nitrogens with zero attached hydrogens (tertiary/aromatic N) is 3. The normalized spacial score (nSPS) is 11.7. The van der Waals surface area contributed by atoms with E-state index in [1.807, 2.05) is 13.8 Å². The van der Waals surface area contributed by atoms with Gasteiger partial charge < -0.3 is 10.1 Å². The molecule has 0 saturated carbocycles. The first-order chi connectivity index (χ1) is 5.84. The summed E-state index contributed by atoms with van der Waals surface area (Å²) in [5.74, 6) is -0.137. The van der Waals surface area contributed by atoms with E-state index in [0.29, 0.717) is 0 Å². The zero-order valence-corrected chi connectivity index (χ0v) is 9.20. The van der Waals surface area contributed by atoms with Crippen LogP contribution >= 0.6 is 15.9 Å². The van der Waals surface area contributed by atoms with E-state index in [2.05, 4.69) is 20.9 Å². The van der Waals surface area contributed by atoms with Gasteiger partial charge in [-0.25, -0.2) is 4.57 Å². The average Bonchev–Trinajstić information content (AvgIpc) is 2.28. The molecule has 5 nitrogen and oxygen atoms in total. The molecule has 0 N–H and O–H groups in total. The number of halogens is 1. The number of nitro groups is 1. The highest BCUT2D eigenvalue weighted by atomic mass is 79.9. The molecular weight excluding hydrogens is 238 g/mol. The highest BCUT2D eigenvalue weighted by Gasteiger charge is 2.27. The Morgan fingerprint density at radius 3 is 2.46 bits per heavy atom. The van der Waals surface area contributed by atoms with Crippen molar-refractivity contribution in [2.45, 2.75) is 18.2 Å². The lowest BCUT2D eigenvalue weighted by Gasteiger charge is -2.12. The van der Waals surface area contributed by atoms with E-state index in [0.717, 1.165) is 5.69 Å². The Bertz CT molecular complexity index is 340. The third-order valence-electron chi connectivity index (χ3n) is 1.74. The number of hydrogen-bond acceptors (Lipinski definition) is 3. The molecule has 0 bridgehead atoms. The molecular formula is C7H10BrN3O2. The topological polar surface area (TPSA) is 61.0 Å². The Balaban J connectivity index is 3.22. The van der Waals surface area contributed by atoms with Crippen molar-refractivity contribution in [1.29, 1.82) is 0 Å². The summed E-state index contributed by atoms with van der Waals surface area (Å²) in [7, 11) is 1.63. The van der Waals surface area contributed by atoms with Crippen molar-refractivity contribution in [2.24, 2.45) is 7.05 Å². The fourth-order valence-electron chi connectivity index (χ4n) is 1.12. The monoisotopic (exact) mass is 247 g/mol. The van der Waals surface area contributed by atoms with Crippen LogP contribution in [0, 0.1) is 10.1 Å². The van der Waals surface area contributed by atoms with Gasteiger partial charge in [-0.3, -0.25) is 0 Å². The highest BCUT2D eigenvalue weighted by molar-refractivity contribution is 9.09. The van der Waals surface area contributed by atoms with E-state index in [9.17, 15) is 10.1 Å². The van der Waals surface area contributed by atoms with Gasteiger partial charge in [0, 0.05) is 0 Å². The zero-order chi connectivity index (χ0) is 10.2. The standard InChI is InChI=1S/C7H10BrN3O2/c1-7(2,8)5-4-9-6(10(5)3)11(12)13/h4H,1-3H3. The molecule has 13 heavy (non-hydrogen) atoms. The van der Waals surface area contributed by atoms with Crippen molar-refractivity contribution in [3.8, 4) is 0 Å². The number of rotatable bonds is 2. The molecule has 0 aliphatic heterocycles. The lowest BCUT2D eigenvalue weighted by atomic mass is 10.1. The van der Waals surface area contributed by atoms with Crippen LogP contribution in [0.5, 0.6) is 0 Å². The van der Waals surface area contributed by atoms with E-state index < -0.39 is 4.92 Å². The van der Waals surface area contributed by atoms with E-state index in [1.165, 1.54) is 10.8 Å². The summed E-state index contributed by atoms with van der Waals surface area (Å²) >= 11 is 3.42. The molecule has 0 spiro atoms. The Morgan fingerprint density at radius 2 is 2.23 bits per heavy atom. The van der Waals surface area contributed by atoms with Crippen LogP contribution < -0.4 is 0 Å². The lowest BCUT2D eigenvalue weighted by molar-refractivity contribution is -0.396. The molecule has 0 aromatic carbocycles. The van der Waals surface area contributed by atoms with Crippen molar-refractivity contribution in [3.05, 3.63) is 22.0 Å². The van der Waals surface area contributed by atoms with Crippen LogP contribution in [0.25, 0.3) is 0 Å². The lowest BCUT2D eigenvalue weighted by Crippen LogP contribution is -2.13. The average molecular weight is 248 g/mol. The summed E-state index contributed by atoms with van der Waals surface area (Å²) in [6.45, 7) is 3.82. The van der Waals surface area contributed by atoms with Gasteiger partial charge in [0.25, 0.3) is 0 Å². The fourth-order valence-corrected chi connectivity index (χ4v) is 1.49. The van der Waals surface area contributed by atoms with Crippen molar-refractivity contribution < 1.29 is 4.92 Å². The molecule has 0 amide bonds. The van der Waals surface area contributed by atoms with Crippen molar-refractivity contribution in [3.63, 3.8) is 0 Å². The molecule has 1 heterocycles. The number of aromatic nitrogens is 2. The fraction of sp³-hybridized carbons (Fsp3) is 0.571. The Morgan fingerprint density at radius 1 is 1.69 bits per heavy atom. The second kappa shape index (κ2) is 3.10. The molecule has 0 fully saturated rings. The third-order valence-corrected chi connectivity index (χ3v) is 2.14. The van der Waals surface area contributed by atoms with Crippen LogP contribution in [0.15, 0.2) is 6.20 Å². The molecule has 1 rings (SSSR count). The summed E-state index contributed by atoms with van der Waals surface area (Å²) in [5.41, 5.74) is 0.777. The smallest absolute Gasteiger partial charge is 0.390 e. The predicted octanol–water partition coefficient (Wildman–Crippen LogP) is 1.96. The van der Waals surface area contributed by atoms with Gasteiger partial charge in [0.1, 0.15) is 11.9 Å². The van der Waals surface area contributed by atoms with Gasteiger partial charge in [-0.1, -0.05) is 20.9 Å². The van der Waals surface area contributed by atoms with Crippen molar-refractivity contribution in [2.75, 3.05) is 0 Å². The molecule has 6 heteroatoms. The van der Waals surface area contributed by atoms with Crippen LogP contribution in [0.4, 0.5) is 5.95 Å². The maximum absolute atomic E-state index is 10.5. The minimum absolute atomic E-state index is 0.137. The van der Waals surface area contributed by atoms with Gasteiger partial charge in [-0.2, -0.15) is 0 Å². The second-order valence-electron chi connectivity index (χ2n) is 3.23. The van der Waals surface area contributed by atoms with Crippen LogP contribution in [0.1, 0.15) is 19.5 Å². The molecule has 0 radical (unpaired) electrons. The SMILES string of the molecule is Cn1c(C(C)(C)Br)cnc1[N+](=O)[O-]. The van der Waals surface area contributed by atoms with Crippen LogP contribution in [0.3, 0.4) is 0 Å². The molecule has 1 aromatic heterocycles. The second-order valence-corrected chi connectivity index (χ2v) is 5.21. The molecule has 0 aliphatic rings. The molecule has 0 aliphatic carbocycles. The molecule has 1 aromatic rings. The maximum atomic E-state index is 10.5. The van der Waals surface area contributed by atoms with Gasteiger partial charge in [-0.05, 0) is 18.8 Å². The minimum atomic E-state index is -0.498. The van der Waals surface area contributed by atoms with Gasteiger partial charge in [0.05, 0.1) is 11.4 Å². The first-order valence-corrected chi connectivity index (χ1v) is 4.49. The Kier molecular flexibility index (Phi) is 2.42. The third kappa shape index (κ3) is 1.88. The molecule has 0 atom stereocenters. The van der Waals surface area contributed by atoms with Crippen LogP contribution in [-0.2, 0) is 11.4 Å². The molecule has 0 saturated heterocycles. The number of hydrogen-bond donors (Lipinski definition) is 0. The summed E-state index contributed by atoms with van der Waals surface area (Å²) in [6, 6.07) is 0. The summed E-state index contributed by atoms with van der Waals surface area (Å²) in [4.78, 5) is 13.7. The van der Waals surface area contributed by atoms with E-state index in [1.54, 1.807) is 7.05 Å². The number of imidazole rings is 1. The van der Waals surface area contributed by atoms with Crippen LogP contribution in [0.2, 0.25) is 0 Å². The van der Waals surface area contributed by atoms with Gasteiger partial charge >= 0.3 is 5.95 Å². The summed E-state index contributed by atoms with van der Waals surface area (Å²) in [6.07, 6.45) is 1.51. The Labute approximate surface area is 84.1 Å². The minimum Gasteiger partial charge on any atom is -0.390 e. The zero-order valence-electron chi connectivity index (χ0n) is 7.61.